The van der Waals surface area contributed by atoms with Crippen LogP contribution in [0.4, 0.5) is 0 Å². The van der Waals surface area contributed by atoms with Crippen LogP contribution in [0.1, 0.15) is 32.1 Å². The number of hydrogen-bond donors (Lipinski definition) is 0. The summed E-state index contributed by atoms with van der Waals surface area (Å²) in [5.74, 6) is -0.431. The molecular weight excluding hydrogens is 172 g/mol. The Balaban J connectivity index is 2.71. The Morgan fingerprint density at radius 3 is 2.38 bits per heavy atom. The second-order valence-electron chi connectivity index (χ2n) is 3.26. The fourth-order valence-corrected chi connectivity index (χ4v) is 1.77. The smallest absolute Gasteiger partial charge is 0.350 e. The van der Waals surface area contributed by atoms with Gasteiger partial charge in [0.1, 0.15) is 0 Å². The standard InChI is InChI=1S/C9H14O4/c1-12-8(11)9(13-7-10)5-3-2-4-6-9/h7H,2-6H2,1H3. The summed E-state index contributed by atoms with van der Waals surface area (Å²) in [6, 6.07) is 0. The highest BCUT2D eigenvalue weighted by molar-refractivity contribution is 5.80. The molecule has 0 saturated heterocycles. The zero-order valence-corrected chi connectivity index (χ0v) is 7.75. The molecule has 0 bridgehead atoms. The summed E-state index contributed by atoms with van der Waals surface area (Å²) < 4.78 is 9.49. The molecule has 1 aliphatic rings. The van der Waals surface area contributed by atoms with Crippen molar-refractivity contribution in [1.29, 1.82) is 0 Å². The third-order valence-electron chi connectivity index (χ3n) is 2.49. The zero-order valence-electron chi connectivity index (χ0n) is 7.75. The van der Waals surface area contributed by atoms with Crippen molar-refractivity contribution in [3.8, 4) is 0 Å². The van der Waals surface area contributed by atoms with Gasteiger partial charge in [-0.05, 0) is 25.7 Å². The van der Waals surface area contributed by atoms with Gasteiger partial charge in [0.05, 0.1) is 7.11 Å². The molecule has 1 aliphatic carbocycles. The van der Waals surface area contributed by atoms with E-state index >= 15 is 0 Å². The molecule has 0 amide bonds. The maximum Gasteiger partial charge on any atom is 0.350 e. The van der Waals surface area contributed by atoms with Crippen molar-refractivity contribution in [3.05, 3.63) is 0 Å². The fourth-order valence-electron chi connectivity index (χ4n) is 1.77. The van der Waals surface area contributed by atoms with Crippen LogP contribution >= 0.6 is 0 Å². The summed E-state index contributed by atoms with van der Waals surface area (Å²) in [4.78, 5) is 21.6. The first-order valence-electron chi connectivity index (χ1n) is 4.45. The number of methoxy groups -OCH3 is 1. The van der Waals surface area contributed by atoms with E-state index in [1.54, 1.807) is 0 Å². The Kier molecular flexibility index (Phi) is 3.28. The first-order chi connectivity index (χ1) is 6.25. The van der Waals surface area contributed by atoms with Crippen molar-refractivity contribution < 1.29 is 19.1 Å². The zero-order chi connectivity index (χ0) is 9.73. The number of esters is 1. The average Bonchev–Trinajstić information content (AvgIpc) is 2.18. The average molecular weight is 186 g/mol. The maximum absolute atomic E-state index is 11.4. The van der Waals surface area contributed by atoms with Crippen LogP contribution < -0.4 is 0 Å². The van der Waals surface area contributed by atoms with E-state index in [-0.39, 0.29) is 0 Å². The normalized spacial score (nSPS) is 20.4. The lowest BCUT2D eigenvalue weighted by Gasteiger charge is -2.32. The molecule has 0 aromatic rings. The van der Waals surface area contributed by atoms with Gasteiger partial charge >= 0.3 is 5.97 Å². The summed E-state index contributed by atoms with van der Waals surface area (Å²) in [7, 11) is 1.31. The van der Waals surface area contributed by atoms with Gasteiger partial charge in [0, 0.05) is 0 Å². The minimum Gasteiger partial charge on any atom is -0.466 e. The molecule has 1 saturated carbocycles. The minimum atomic E-state index is -0.991. The molecule has 0 aromatic carbocycles. The van der Waals surface area contributed by atoms with Crippen molar-refractivity contribution in [3.63, 3.8) is 0 Å². The van der Waals surface area contributed by atoms with Gasteiger partial charge in [0.25, 0.3) is 6.47 Å². The van der Waals surface area contributed by atoms with Crippen LogP contribution in [0.25, 0.3) is 0 Å². The van der Waals surface area contributed by atoms with Crippen LogP contribution in [0, 0.1) is 0 Å². The van der Waals surface area contributed by atoms with Gasteiger partial charge in [-0.15, -0.1) is 0 Å². The van der Waals surface area contributed by atoms with Crippen molar-refractivity contribution in [2.45, 2.75) is 37.7 Å². The molecule has 13 heavy (non-hydrogen) atoms. The van der Waals surface area contributed by atoms with Gasteiger partial charge in [-0.25, -0.2) is 4.79 Å². The van der Waals surface area contributed by atoms with Crippen molar-refractivity contribution in [2.75, 3.05) is 7.11 Å². The SMILES string of the molecule is COC(=O)C1(OC=O)CCCCC1. The van der Waals surface area contributed by atoms with E-state index in [2.05, 4.69) is 4.74 Å². The Hall–Kier alpha value is -1.06. The molecule has 4 nitrogen and oxygen atoms in total. The summed E-state index contributed by atoms with van der Waals surface area (Å²) in [6.07, 6.45) is 4.06. The van der Waals surface area contributed by atoms with E-state index in [0.717, 1.165) is 19.3 Å². The molecule has 74 valence electrons. The fraction of sp³-hybridized carbons (Fsp3) is 0.778. The second-order valence-corrected chi connectivity index (χ2v) is 3.26. The van der Waals surface area contributed by atoms with Crippen molar-refractivity contribution in [2.24, 2.45) is 0 Å². The minimum absolute atomic E-state index is 0.336. The maximum atomic E-state index is 11.4. The van der Waals surface area contributed by atoms with Gasteiger partial charge in [-0.3, -0.25) is 4.79 Å². The summed E-state index contributed by atoms with van der Waals surface area (Å²) in [5, 5.41) is 0. The Labute approximate surface area is 77.2 Å². The molecule has 0 aromatic heterocycles. The van der Waals surface area contributed by atoms with E-state index in [9.17, 15) is 9.59 Å². The molecule has 0 atom stereocenters. The molecule has 0 N–H and O–H groups in total. The van der Waals surface area contributed by atoms with E-state index in [1.165, 1.54) is 7.11 Å². The van der Waals surface area contributed by atoms with Crippen LogP contribution in [0.2, 0.25) is 0 Å². The van der Waals surface area contributed by atoms with Crippen LogP contribution in [0.5, 0.6) is 0 Å². The van der Waals surface area contributed by atoms with Crippen LogP contribution in [-0.2, 0) is 19.1 Å². The van der Waals surface area contributed by atoms with Gasteiger partial charge in [0.15, 0.2) is 0 Å². The first-order valence-corrected chi connectivity index (χ1v) is 4.45. The highest BCUT2D eigenvalue weighted by atomic mass is 16.6. The number of ether oxygens (including phenoxy) is 2. The Bertz CT molecular complexity index is 194. The second kappa shape index (κ2) is 4.25. The molecule has 1 rings (SSSR count). The topological polar surface area (TPSA) is 52.6 Å². The molecular formula is C9H14O4. The van der Waals surface area contributed by atoms with Crippen LogP contribution in [0.15, 0.2) is 0 Å². The van der Waals surface area contributed by atoms with Crippen molar-refractivity contribution >= 4 is 12.4 Å². The molecule has 4 heteroatoms. The number of rotatable bonds is 3. The van der Waals surface area contributed by atoms with Gasteiger partial charge in [-0.1, -0.05) is 6.42 Å². The quantitative estimate of drug-likeness (QED) is 0.488. The Morgan fingerprint density at radius 2 is 1.92 bits per heavy atom. The van der Waals surface area contributed by atoms with Gasteiger partial charge < -0.3 is 9.47 Å². The lowest BCUT2D eigenvalue weighted by Crippen LogP contribution is -2.44. The van der Waals surface area contributed by atoms with Crippen molar-refractivity contribution in [1.82, 2.24) is 0 Å². The lowest BCUT2D eigenvalue weighted by molar-refractivity contribution is -0.177. The number of carbonyl (C=O) groups is 2. The Morgan fingerprint density at radius 1 is 1.31 bits per heavy atom. The summed E-state index contributed by atoms with van der Waals surface area (Å²) >= 11 is 0. The highest BCUT2D eigenvalue weighted by Crippen LogP contribution is 2.32. The highest BCUT2D eigenvalue weighted by Gasteiger charge is 2.42. The third kappa shape index (κ3) is 1.99. The molecule has 0 aliphatic heterocycles. The van der Waals surface area contributed by atoms with E-state index < -0.39 is 11.6 Å². The predicted molar refractivity (Wildman–Crippen MR) is 45.0 cm³/mol. The molecule has 0 radical (unpaired) electrons. The van der Waals surface area contributed by atoms with Crippen LogP contribution in [0.3, 0.4) is 0 Å². The summed E-state index contributed by atoms with van der Waals surface area (Å²) in [5.41, 5.74) is -0.991. The van der Waals surface area contributed by atoms with E-state index in [0.29, 0.717) is 19.3 Å². The first kappa shape index (κ1) is 10.0. The predicted octanol–water partition coefficient (Wildman–Crippen LogP) is 1.04. The molecule has 0 unspecified atom stereocenters. The molecule has 0 heterocycles. The van der Waals surface area contributed by atoms with E-state index in [4.69, 9.17) is 4.74 Å². The van der Waals surface area contributed by atoms with E-state index in [1.807, 2.05) is 0 Å². The monoisotopic (exact) mass is 186 g/mol. The molecule has 1 fully saturated rings. The number of carbonyl (C=O) groups excluding carboxylic acids is 2. The third-order valence-corrected chi connectivity index (χ3v) is 2.49. The largest absolute Gasteiger partial charge is 0.466 e. The molecule has 0 spiro atoms. The van der Waals surface area contributed by atoms with Gasteiger partial charge in [0.2, 0.25) is 5.60 Å². The van der Waals surface area contributed by atoms with Gasteiger partial charge in [-0.2, -0.15) is 0 Å². The number of hydrogen-bond acceptors (Lipinski definition) is 4. The summed E-state index contributed by atoms with van der Waals surface area (Å²) in [6.45, 7) is 0.336. The van der Waals surface area contributed by atoms with Crippen LogP contribution in [-0.4, -0.2) is 25.2 Å². The lowest BCUT2D eigenvalue weighted by atomic mass is 9.85.